The average Bonchev–Trinajstić information content (AvgIpc) is 2.67. The minimum absolute atomic E-state index is 0.162. The molecule has 2 atom stereocenters. The SMILES string of the molecule is CC(=O)N1CCC2CC(=O)N(Cc3ccccc3)CCC2C1. The van der Waals surface area contributed by atoms with Gasteiger partial charge in [-0.15, -0.1) is 0 Å². The zero-order valence-corrected chi connectivity index (χ0v) is 13.2. The van der Waals surface area contributed by atoms with Crippen LogP contribution in [0.2, 0.25) is 0 Å². The van der Waals surface area contributed by atoms with E-state index in [1.54, 1.807) is 6.92 Å². The van der Waals surface area contributed by atoms with Crippen LogP contribution in [0.25, 0.3) is 0 Å². The van der Waals surface area contributed by atoms with Gasteiger partial charge in [0.05, 0.1) is 0 Å². The molecule has 2 unspecified atom stereocenters. The fourth-order valence-electron chi connectivity index (χ4n) is 3.73. The fourth-order valence-corrected chi connectivity index (χ4v) is 3.73. The van der Waals surface area contributed by atoms with E-state index in [2.05, 4.69) is 12.1 Å². The quantitative estimate of drug-likeness (QED) is 0.841. The van der Waals surface area contributed by atoms with Crippen LogP contribution in [0.4, 0.5) is 0 Å². The molecule has 0 aliphatic carbocycles. The third kappa shape index (κ3) is 3.32. The van der Waals surface area contributed by atoms with Crippen molar-refractivity contribution >= 4 is 11.8 Å². The van der Waals surface area contributed by atoms with Gasteiger partial charge in [-0.1, -0.05) is 30.3 Å². The van der Waals surface area contributed by atoms with Crippen molar-refractivity contribution in [3.63, 3.8) is 0 Å². The molecule has 2 amide bonds. The molecule has 2 fully saturated rings. The molecule has 22 heavy (non-hydrogen) atoms. The second-order valence-electron chi connectivity index (χ2n) is 6.57. The topological polar surface area (TPSA) is 40.6 Å². The van der Waals surface area contributed by atoms with E-state index >= 15 is 0 Å². The predicted octanol–water partition coefficient (Wildman–Crippen LogP) is 2.29. The van der Waals surface area contributed by atoms with Gasteiger partial charge in [0.15, 0.2) is 0 Å². The number of carbonyl (C=O) groups excluding carboxylic acids is 2. The Balaban J connectivity index is 1.66. The Kier molecular flexibility index (Phi) is 4.46. The lowest BCUT2D eigenvalue weighted by atomic mass is 9.82. The van der Waals surface area contributed by atoms with Crippen LogP contribution in [0.5, 0.6) is 0 Å². The summed E-state index contributed by atoms with van der Waals surface area (Å²) in [5.41, 5.74) is 1.19. The molecule has 3 rings (SSSR count). The maximum absolute atomic E-state index is 12.5. The number of nitrogens with zero attached hydrogens (tertiary/aromatic N) is 2. The summed E-state index contributed by atoms with van der Waals surface area (Å²) < 4.78 is 0. The lowest BCUT2D eigenvalue weighted by Crippen LogP contribution is -2.42. The molecule has 0 radical (unpaired) electrons. The first-order valence-corrected chi connectivity index (χ1v) is 8.20. The standard InChI is InChI=1S/C18H24N2O2/c1-14(21)19-9-7-16-11-18(22)20(10-8-17(16)13-19)12-15-5-3-2-4-6-15/h2-6,16-17H,7-13H2,1H3. The molecule has 2 saturated heterocycles. The van der Waals surface area contributed by atoms with Crippen LogP contribution < -0.4 is 0 Å². The largest absolute Gasteiger partial charge is 0.343 e. The van der Waals surface area contributed by atoms with Crippen LogP contribution in [-0.2, 0) is 16.1 Å². The maximum Gasteiger partial charge on any atom is 0.223 e. The van der Waals surface area contributed by atoms with Crippen LogP contribution in [0, 0.1) is 11.8 Å². The summed E-state index contributed by atoms with van der Waals surface area (Å²) in [6, 6.07) is 10.2. The van der Waals surface area contributed by atoms with Gasteiger partial charge in [-0.2, -0.15) is 0 Å². The molecule has 1 aromatic carbocycles. The van der Waals surface area contributed by atoms with Crippen molar-refractivity contribution in [2.24, 2.45) is 11.8 Å². The highest BCUT2D eigenvalue weighted by Crippen LogP contribution is 2.32. The molecule has 0 aromatic heterocycles. The van der Waals surface area contributed by atoms with Crippen molar-refractivity contribution in [2.75, 3.05) is 19.6 Å². The molecule has 118 valence electrons. The second-order valence-corrected chi connectivity index (χ2v) is 6.57. The summed E-state index contributed by atoms with van der Waals surface area (Å²) in [4.78, 5) is 28.0. The van der Waals surface area contributed by atoms with E-state index in [1.807, 2.05) is 28.0 Å². The van der Waals surface area contributed by atoms with Crippen LogP contribution in [0.1, 0.15) is 31.7 Å². The highest BCUT2D eigenvalue weighted by molar-refractivity contribution is 5.77. The van der Waals surface area contributed by atoms with Gasteiger partial charge in [-0.05, 0) is 30.2 Å². The van der Waals surface area contributed by atoms with Crippen molar-refractivity contribution in [1.82, 2.24) is 9.80 Å². The summed E-state index contributed by atoms with van der Waals surface area (Å²) in [6.45, 7) is 4.79. The first-order valence-electron chi connectivity index (χ1n) is 8.20. The minimum Gasteiger partial charge on any atom is -0.343 e. The van der Waals surface area contributed by atoms with Gasteiger partial charge in [-0.25, -0.2) is 0 Å². The number of rotatable bonds is 2. The van der Waals surface area contributed by atoms with Crippen molar-refractivity contribution in [3.8, 4) is 0 Å². The lowest BCUT2D eigenvalue weighted by molar-refractivity contribution is -0.132. The first-order chi connectivity index (χ1) is 10.6. The van der Waals surface area contributed by atoms with Crippen molar-refractivity contribution in [2.45, 2.75) is 32.7 Å². The second kappa shape index (κ2) is 6.51. The molecular weight excluding hydrogens is 276 g/mol. The number of amides is 2. The number of piperidine rings is 1. The van der Waals surface area contributed by atoms with Gasteiger partial charge in [0, 0.05) is 39.5 Å². The summed E-state index contributed by atoms with van der Waals surface area (Å²) >= 11 is 0. The summed E-state index contributed by atoms with van der Waals surface area (Å²) in [7, 11) is 0. The number of likely N-dealkylation sites (tertiary alicyclic amines) is 2. The Morgan fingerprint density at radius 3 is 2.59 bits per heavy atom. The summed E-state index contributed by atoms with van der Waals surface area (Å²) in [5, 5.41) is 0. The van der Waals surface area contributed by atoms with E-state index in [4.69, 9.17) is 0 Å². The molecular formula is C18H24N2O2. The van der Waals surface area contributed by atoms with E-state index in [0.717, 1.165) is 32.5 Å². The van der Waals surface area contributed by atoms with Gasteiger partial charge in [0.1, 0.15) is 0 Å². The molecule has 0 N–H and O–H groups in total. The monoisotopic (exact) mass is 300 g/mol. The summed E-state index contributed by atoms with van der Waals surface area (Å²) in [5.74, 6) is 1.36. The number of hydrogen-bond acceptors (Lipinski definition) is 2. The Bertz CT molecular complexity index is 543. The Morgan fingerprint density at radius 2 is 1.86 bits per heavy atom. The smallest absolute Gasteiger partial charge is 0.223 e. The number of benzene rings is 1. The first kappa shape index (κ1) is 15.1. The predicted molar refractivity (Wildman–Crippen MR) is 84.9 cm³/mol. The third-order valence-corrected chi connectivity index (χ3v) is 5.11. The molecule has 4 heteroatoms. The Hall–Kier alpha value is -1.84. The van der Waals surface area contributed by atoms with Crippen LogP contribution in [0.15, 0.2) is 30.3 Å². The fraction of sp³-hybridized carbons (Fsp3) is 0.556. The van der Waals surface area contributed by atoms with E-state index in [1.165, 1.54) is 5.56 Å². The van der Waals surface area contributed by atoms with Gasteiger partial charge >= 0.3 is 0 Å². The van der Waals surface area contributed by atoms with Gasteiger partial charge in [0.2, 0.25) is 11.8 Å². The van der Waals surface area contributed by atoms with Crippen molar-refractivity contribution < 1.29 is 9.59 Å². The van der Waals surface area contributed by atoms with Crippen LogP contribution >= 0.6 is 0 Å². The normalized spacial score (nSPS) is 25.6. The number of carbonyl (C=O) groups is 2. The number of hydrogen-bond donors (Lipinski definition) is 0. The van der Waals surface area contributed by atoms with Crippen molar-refractivity contribution in [3.05, 3.63) is 35.9 Å². The van der Waals surface area contributed by atoms with E-state index in [9.17, 15) is 9.59 Å². The highest BCUT2D eigenvalue weighted by Gasteiger charge is 2.35. The molecule has 2 aliphatic heterocycles. The van der Waals surface area contributed by atoms with Crippen LogP contribution in [0.3, 0.4) is 0 Å². The lowest BCUT2D eigenvalue weighted by Gasteiger charge is -2.36. The molecule has 4 nitrogen and oxygen atoms in total. The van der Waals surface area contributed by atoms with E-state index in [-0.39, 0.29) is 11.8 Å². The third-order valence-electron chi connectivity index (χ3n) is 5.11. The zero-order valence-electron chi connectivity index (χ0n) is 13.2. The molecule has 2 aliphatic rings. The maximum atomic E-state index is 12.5. The minimum atomic E-state index is 0.162. The Morgan fingerprint density at radius 1 is 1.14 bits per heavy atom. The molecule has 0 bridgehead atoms. The Labute approximate surface area is 132 Å². The van der Waals surface area contributed by atoms with Gasteiger partial charge in [-0.3, -0.25) is 9.59 Å². The molecule has 0 spiro atoms. The molecule has 0 saturated carbocycles. The number of fused-ring (bicyclic) bond motifs is 1. The van der Waals surface area contributed by atoms with E-state index < -0.39 is 0 Å². The van der Waals surface area contributed by atoms with Crippen molar-refractivity contribution in [1.29, 1.82) is 0 Å². The summed E-state index contributed by atoms with van der Waals surface area (Å²) in [6.07, 6.45) is 2.62. The van der Waals surface area contributed by atoms with Gasteiger partial charge in [0.25, 0.3) is 0 Å². The highest BCUT2D eigenvalue weighted by atomic mass is 16.2. The average molecular weight is 300 g/mol. The molecule has 2 heterocycles. The van der Waals surface area contributed by atoms with Crippen LogP contribution in [-0.4, -0.2) is 41.2 Å². The van der Waals surface area contributed by atoms with Gasteiger partial charge < -0.3 is 9.80 Å². The zero-order chi connectivity index (χ0) is 15.5. The molecule has 1 aromatic rings. The van der Waals surface area contributed by atoms with E-state index in [0.29, 0.717) is 24.8 Å².